The molecular weight excluding hydrogens is 220 g/mol. The molecule has 0 fully saturated rings. The molecule has 4 heteroatoms. The molecule has 1 aromatic rings. The van der Waals surface area contributed by atoms with Crippen LogP contribution < -0.4 is 4.90 Å². The van der Waals surface area contributed by atoms with Crippen LogP contribution in [0.1, 0.15) is 12.5 Å². The summed E-state index contributed by atoms with van der Waals surface area (Å²) in [5, 5.41) is 3.88. The summed E-state index contributed by atoms with van der Waals surface area (Å²) in [5.41, 5.74) is 2.40. The van der Waals surface area contributed by atoms with Crippen LogP contribution in [0, 0.1) is 0 Å². The first-order valence-electron chi connectivity index (χ1n) is 5.44. The van der Waals surface area contributed by atoms with Gasteiger partial charge in [-0.05, 0) is 24.6 Å². The maximum atomic E-state index is 4.95. The zero-order valence-electron chi connectivity index (χ0n) is 9.64. The Bertz CT molecular complexity index is 393. The monoisotopic (exact) mass is 236 g/mol. The number of nitrogens with zero attached hydrogens (tertiary/aromatic N) is 2. The highest BCUT2D eigenvalue weighted by Gasteiger charge is 2.13. The summed E-state index contributed by atoms with van der Waals surface area (Å²) in [6, 6.07) is 6.39. The van der Waals surface area contributed by atoms with Crippen molar-refractivity contribution in [2.45, 2.75) is 11.8 Å². The Morgan fingerprint density at radius 1 is 1.56 bits per heavy atom. The van der Waals surface area contributed by atoms with E-state index in [1.165, 1.54) is 10.6 Å². The Morgan fingerprint density at radius 2 is 2.44 bits per heavy atom. The summed E-state index contributed by atoms with van der Waals surface area (Å²) >= 11 is 1.90. The predicted molar refractivity (Wildman–Crippen MR) is 69.7 cm³/mol. The van der Waals surface area contributed by atoms with Gasteiger partial charge in [0.15, 0.2) is 0 Å². The molecule has 0 bridgehead atoms. The highest BCUT2D eigenvalue weighted by atomic mass is 32.2. The van der Waals surface area contributed by atoms with Crippen LogP contribution in [0.2, 0.25) is 0 Å². The van der Waals surface area contributed by atoms with Gasteiger partial charge in [-0.15, -0.1) is 11.8 Å². The predicted octanol–water partition coefficient (Wildman–Crippen LogP) is 2.60. The molecule has 0 amide bonds. The maximum absolute atomic E-state index is 4.95. The fourth-order valence-electron chi connectivity index (χ4n) is 1.63. The first-order valence-corrected chi connectivity index (χ1v) is 6.43. The van der Waals surface area contributed by atoms with Gasteiger partial charge >= 0.3 is 0 Å². The van der Waals surface area contributed by atoms with E-state index < -0.39 is 0 Å². The average Bonchev–Trinajstić information content (AvgIpc) is 2.30. The van der Waals surface area contributed by atoms with E-state index in [-0.39, 0.29) is 0 Å². The van der Waals surface area contributed by atoms with Crippen molar-refractivity contribution in [2.75, 3.05) is 30.9 Å². The van der Waals surface area contributed by atoms with Gasteiger partial charge in [-0.3, -0.25) is 0 Å². The second-order valence-electron chi connectivity index (χ2n) is 3.65. The lowest BCUT2D eigenvalue weighted by atomic mass is 10.2. The lowest BCUT2D eigenvalue weighted by Gasteiger charge is -2.26. The quantitative estimate of drug-likeness (QED) is 0.595. The number of fused-ring (bicyclic) bond motifs is 1. The topological polar surface area (TPSA) is 24.8 Å². The third-order valence-electron chi connectivity index (χ3n) is 2.48. The van der Waals surface area contributed by atoms with Crippen molar-refractivity contribution in [1.82, 2.24) is 0 Å². The van der Waals surface area contributed by atoms with E-state index in [0.29, 0.717) is 6.61 Å². The van der Waals surface area contributed by atoms with Crippen molar-refractivity contribution >= 4 is 23.7 Å². The van der Waals surface area contributed by atoms with E-state index >= 15 is 0 Å². The number of benzene rings is 1. The Labute approximate surface area is 100 Å². The second-order valence-corrected chi connectivity index (χ2v) is 4.79. The Hall–Kier alpha value is -1.16. The molecule has 1 heterocycles. The van der Waals surface area contributed by atoms with Crippen LogP contribution in [0.5, 0.6) is 0 Å². The third-order valence-corrected chi connectivity index (χ3v) is 3.51. The van der Waals surface area contributed by atoms with E-state index in [2.05, 4.69) is 35.3 Å². The molecule has 0 saturated carbocycles. The molecule has 2 rings (SSSR count). The zero-order chi connectivity index (χ0) is 11.4. The van der Waals surface area contributed by atoms with Crippen LogP contribution in [0.3, 0.4) is 0 Å². The summed E-state index contributed by atoms with van der Waals surface area (Å²) in [5.74, 6) is 1.15. The molecule has 0 spiro atoms. The third kappa shape index (κ3) is 2.50. The zero-order valence-corrected chi connectivity index (χ0v) is 10.5. The summed E-state index contributed by atoms with van der Waals surface area (Å²) in [6.45, 7) is 3.65. The normalized spacial score (nSPS) is 15.2. The first-order chi connectivity index (χ1) is 7.81. The first kappa shape index (κ1) is 11.3. The average molecular weight is 236 g/mol. The number of oxime groups is 1. The lowest BCUT2D eigenvalue weighted by molar-refractivity contribution is 0.160. The van der Waals surface area contributed by atoms with Crippen molar-refractivity contribution in [1.29, 1.82) is 0 Å². The minimum absolute atomic E-state index is 0.610. The minimum Gasteiger partial charge on any atom is -0.396 e. The highest BCUT2D eigenvalue weighted by molar-refractivity contribution is 7.99. The summed E-state index contributed by atoms with van der Waals surface area (Å²) in [6.07, 6.45) is 1.76. The molecule has 16 heavy (non-hydrogen) atoms. The molecule has 0 radical (unpaired) electrons. The molecule has 1 aromatic carbocycles. The van der Waals surface area contributed by atoms with Gasteiger partial charge in [-0.2, -0.15) is 0 Å². The molecule has 0 atom stereocenters. The van der Waals surface area contributed by atoms with Gasteiger partial charge in [0.1, 0.15) is 6.61 Å². The summed E-state index contributed by atoms with van der Waals surface area (Å²) < 4.78 is 0. The second kappa shape index (κ2) is 5.25. The van der Waals surface area contributed by atoms with Gasteiger partial charge in [-0.25, -0.2) is 0 Å². The molecule has 1 aliphatic rings. The van der Waals surface area contributed by atoms with Gasteiger partial charge in [-0.1, -0.05) is 11.2 Å². The van der Waals surface area contributed by atoms with Gasteiger partial charge in [0.25, 0.3) is 0 Å². The highest BCUT2D eigenvalue weighted by Crippen LogP contribution is 2.34. The smallest absolute Gasteiger partial charge is 0.114 e. The maximum Gasteiger partial charge on any atom is 0.114 e. The van der Waals surface area contributed by atoms with E-state index in [4.69, 9.17) is 4.84 Å². The van der Waals surface area contributed by atoms with Gasteiger partial charge in [0.05, 0.1) is 11.9 Å². The van der Waals surface area contributed by atoms with E-state index in [1.54, 1.807) is 6.21 Å². The number of rotatable bonds is 3. The van der Waals surface area contributed by atoms with Crippen LogP contribution in [-0.2, 0) is 4.84 Å². The molecule has 0 aliphatic carbocycles. The summed E-state index contributed by atoms with van der Waals surface area (Å²) in [4.78, 5) is 8.57. The molecule has 0 saturated heterocycles. The molecule has 86 valence electrons. The molecule has 1 aliphatic heterocycles. The van der Waals surface area contributed by atoms with Crippen LogP contribution in [0.25, 0.3) is 0 Å². The number of hydrogen-bond donors (Lipinski definition) is 0. The van der Waals surface area contributed by atoms with Crippen molar-refractivity contribution in [2.24, 2.45) is 5.16 Å². The minimum atomic E-state index is 0.610. The van der Waals surface area contributed by atoms with Crippen molar-refractivity contribution in [3.8, 4) is 0 Å². The summed E-state index contributed by atoms with van der Waals surface area (Å²) in [7, 11) is 2.13. The van der Waals surface area contributed by atoms with Gasteiger partial charge < -0.3 is 9.74 Å². The van der Waals surface area contributed by atoms with Gasteiger partial charge in [0, 0.05) is 24.2 Å². The van der Waals surface area contributed by atoms with Crippen LogP contribution in [0.4, 0.5) is 5.69 Å². The molecule has 0 aromatic heterocycles. The van der Waals surface area contributed by atoms with Gasteiger partial charge in [0.2, 0.25) is 0 Å². The van der Waals surface area contributed by atoms with Crippen LogP contribution in [0.15, 0.2) is 28.3 Å². The molecule has 3 nitrogen and oxygen atoms in total. The number of anilines is 1. The van der Waals surface area contributed by atoms with Crippen LogP contribution in [-0.4, -0.2) is 32.2 Å². The lowest BCUT2D eigenvalue weighted by Crippen LogP contribution is -2.24. The van der Waals surface area contributed by atoms with E-state index in [1.807, 2.05) is 18.7 Å². The molecule has 0 unspecified atom stereocenters. The number of thioether (sulfide) groups is 1. The van der Waals surface area contributed by atoms with E-state index in [9.17, 15) is 0 Å². The Morgan fingerprint density at radius 3 is 3.25 bits per heavy atom. The fraction of sp³-hybridized carbons (Fsp3) is 0.417. The molecule has 0 N–H and O–H groups in total. The van der Waals surface area contributed by atoms with Crippen molar-refractivity contribution in [3.05, 3.63) is 23.8 Å². The van der Waals surface area contributed by atoms with Crippen molar-refractivity contribution < 1.29 is 4.84 Å². The standard InChI is InChI=1S/C12H16N2OS/c1-3-15-13-9-10-4-5-11-12(8-10)16-7-6-14(11)2/h4-5,8-9H,3,6-7H2,1-2H3. The Kier molecular flexibility index (Phi) is 3.72. The SMILES string of the molecule is CCON=Cc1ccc2c(c1)SCCN2C. The Balaban J connectivity index is 2.18. The largest absolute Gasteiger partial charge is 0.396 e. The molecular formula is C12H16N2OS. The van der Waals surface area contributed by atoms with Crippen LogP contribution >= 0.6 is 11.8 Å². The van der Waals surface area contributed by atoms with Crippen molar-refractivity contribution in [3.63, 3.8) is 0 Å². The number of hydrogen-bond acceptors (Lipinski definition) is 4. The fourth-order valence-corrected chi connectivity index (χ4v) is 2.80. The van der Waals surface area contributed by atoms with E-state index in [0.717, 1.165) is 17.9 Å².